The zero-order valence-electron chi connectivity index (χ0n) is 22.7. The van der Waals surface area contributed by atoms with Crippen molar-refractivity contribution in [3.63, 3.8) is 0 Å². The molecule has 2 aromatic rings. The second-order valence-electron chi connectivity index (χ2n) is 10.0. The summed E-state index contributed by atoms with van der Waals surface area (Å²) in [5.41, 5.74) is -3.07. The summed E-state index contributed by atoms with van der Waals surface area (Å²) in [6.07, 6.45) is -9.02. The molecule has 0 spiro atoms. The van der Waals surface area contributed by atoms with E-state index in [-0.39, 0.29) is 55.5 Å². The van der Waals surface area contributed by atoms with Gasteiger partial charge in [-0.2, -0.15) is 31.1 Å². The number of hydrogen-bond donors (Lipinski definition) is 1. The molecule has 1 aromatic heterocycles. The predicted molar refractivity (Wildman–Crippen MR) is 132 cm³/mol. The molecule has 0 radical (unpaired) electrons. The second-order valence-corrected chi connectivity index (χ2v) is 10.0. The van der Waals surface area contributed by atoms with Gasteiger partial charge in [0.2, 0.25) is 0 Å². The lowest BCUT2D eigenvalue weighted by Gasteiger charge is -2.47. The minimum absolute atomic E-state index is 0.00270. The van der Waals surface area contributed by atoms with Crippen LogP contribution in [0.25, 0.3) is 0 Å². The molecular formula is C25H34F6N6O3. The number of amides is 1. The van der Waals surface area contributed by atoms with E-state index >= 15 is 0 Å². The Morgan fingerprint density at radius 2 is 1.60 bits per heavy atom. The molecule has 1 saturated heterocycles. The first-order valence-corrected chi connectivity index (χ1v) is 13.1. The van der Waals surface area contributed by atoms with Crippen LogP contribution in [0.3, 0.4) is 0 Å². The normalized spacial score (nSPS) is 20.2. The van der Waals surface area contributed by atoms with Gasteiger partial charge in [0.05, 0.1) is 30.4 Å². The van der Waals surface area contributed by atoms with Crippen molar-refractivity contribution in [1.82, 2.24) is 25.1 Å². The third kappa shape index (κ3) is 7.55. The lowest BCUT2D eigenvalue weighted by Crippen LogP contribution is -2.57. The first-order valence-electron chi connectivity index (χ1n) is 13.1. The highest BCUT2D eigenvalue weighted by Crippen LogP contribution is 2.38. The van der Waals surface area contributed by atoms with Crippen LogP contribution in [-0.2, 0) is 30.2 Å². The number of likely N-dealkylation sites (tertiary alicyclic amines) is 1. The fourth-order valence-electron chi connectivity index (χ4n) is 5.00. The predicted octanol–water partition coefficient (Wildman–Crippen LogP) is 5.28. The van der Waals surface area contributed by atoms with Gasteiger partial charge >= 0.3 is 18.4 Å². The largest absolute Gasteiger partial charge is 0.447 e. The van der Waals surface area contributed by atoms with Crippen molar-refractivity contribution in [1.29, 1.82) is 0 Å². The number of hydrogen-bond acceptors (Lipinski definition) is 7. The lowest BCUT2D eigenvalue weighted by molar-refractivity contribution is -0.143. The van der Waals surface area contributed by atoms with Crippen LogP contribution in [0, 0.1) is 0 Å². The number of tetrazole rings is 1. The molecule has 0 saturated carbocycles. The Morgan fingerprint density at radius 1 is 1.05 bits per heavy atom. The zero-order valence-corrected chi connectivity index (χ0v) is 22.7. The fourth-order valence-corrected chi connectivity index (χ4v) is 5.00. The molecule has 15 heteroatoms. The molecule has 1 unspecified atom stereocenters. The number of halogens is 6. The van der Waals surface area contributed by atoms with Crippen molar-refractivity contribution in [2.75, 3.05) is 11.5 Å². The minimum atomic E-state index is -4.99. The van der Waals surface area contributed by atoms with Crippen LogP contribution in [0.2, 0.25) is 0 Å². The zero-order chi connectivity index (χ0) is 29.8. The molecule has 1 N–H and O–H groups in total. The molecule has 1 aliphatic heterocycles. The molecule has 1 aliphatic rings. The Kier molecular flexibility index (Phi) is 9.90. The van der Waals surface area contributed by atoms with Crippen LogP contribution in [0.15, 0.2) is 18.2 Å². The van der Waals surface area contributed by atoms with E-state index in [1.165, 1.54) is 4.90 Å². The molecule has 40 heavy (non-hydrogen) atoms. The maximum absolute atomic E-state index is 13.6. The van der Waals surface area contributed by atoms with E-state index in [1.807, 2.05) is 13.8 Å². The Balaban J connectivity index is 2.05. The van der Waals surface area contributed by atoms with E-state index in [4.69, 9.17) is 4.74 Å². The van der Waals surface area contributed by atoms with Crippen LogP contribution in [0.1, 0.15) is 70.1 Å². The molecule has 1 fully saturated rings. The second kappa shape index (κ2) is 12.6. The topological polar surface area (TPSA) is 96.6 Å². The molecule has 1 aromatic carbocycles. The number of carbonyl (C=O) groups excluding carboxylic acids is 1. The monoisotopic (exact) mass is 580 g/mol. The van der Waals surface area contributed by atoms with E-state index in [9.17, 15) is 36.2 Å². The summed E-state index contributed by atoms with van der Waals surface area (Å²) in [5, 5.41) is 21.3. The van der Waals surface area contributed by atoms with E-state index in [0.29, 0.717) is 37.8 Å². The van der Waals surface area contributed by atoms with Crippen LogP contribution < -0.4 is 4.90 Å². The van der Waals surface area contributed by atoms with Gasteiger partial charge in [0.15, 0.2) is 0 Å². The van der Waals surface area contributed by atoms with Crippen molar-refractivity contribution in [3.05, 3.63) is 34.9 Å². The number of alkyl halides is 6. The summed E-state index contributed by atoms with van der Waals surface area (Å²) in [4.78, 5) is 17.2. The number of anilines is 1. The van der Waals surface area contributed by atoms with Crippen molar-refractivity contribution in [2.24, 2.45) is 0 Å². The molecule has 2 heterocycles. The Hall–Kier alpha value is -3.10. The number of carbonyl (C=O) groups is 1. The van der Waals surface area contributed by atoms with Gasteiger partial charge in [0, 0.05) is 24.7 Å². The number of rotatable bonds is 9. The van der Waals surface area contributed by atoms with Crippen molar-refractivity contribution in [2.45, 2.75) is 103 Å². The Labute approximate surface area is 228 Å². The number of piperidine rings is 1. The molecule has 0 bridgehead atoms. The van der Waals surface area contributed by atoms with Gasteiger partial charge in [-0.3, -0.25) is 0 Å². The number of aliphatic hydroxyl groups excluding tert-OH is 1. The highest BCUT2D eigenvalue weighted by molar-refractivity contribution is 5.69. The van der Waals surface area contributed by atoms with Gasteiger partial charge < -0.3 is 19.6 Å². The van der Waals surface area contributed by atoms with Gasteiger partial charge in [-0.25, -0.2) is 4.79 Å². The average Bonchev–Trinajstić information content (AvgIpc) is 3.33. The quantitative estimate of drug-likeness (QED) is 0.404. The maximum atomic E-state index is 13.6. The molecule has 0 aliphatic carbocycles. The van der Waals surface area contributed by atoms with Crippen LogP contribution >= 0.6 is 0 Å². The third-order valence-corrected chi connectivity index (χ3v) is 6.81. The SMILES string of the molecule is CC[C@@H]1CC(N(Cc2cc(C(F)(F)F)cc(C(F)(F)F)c2)c2nnn(CCO)n2)C[C@H](CC)N1C(=O)OC(C)C. The summed E-state index contributed by atoms with van der Waals surface area (Å²) < 4.78 is 86.8. The van der Waals surface area contributed by atoms with Crippen molar-refractivity contribution in [3.8, 4) is 0 Å². The first-order chi connectivity index (χ1) is 18.7. The van der Waals surface area contributed by atoms with Crippen LogP contribution in [-0.4, -0.2) is 67.1 Å². The molecule has 1 amide bonds. The van der Waals surface area contributed by atoms with E-state index in [0.717, 1.165) is 4.80 Å². The fraction of sp³-hybridized carbons (Fsp3) is 0.680. The van der Waals surface area contributed by atoms with Crippen LogP contribution in [0.5, 0.6) is 0 Å². The van der Waals surface area contributed by atoms with Gasteiger partial charge in [0.1, 0.15) is 0 Å². The van der Waals surface area contributed by atoms with Gasteiger partial charge in [-0.1, -0.05) is 18.9 Å². The van der Waals surface area contributed by atoms with Gasteiger partial charge in [-0.05, 0) is 68.5 Å². The average molecular weight is 581 g/mol. The highest BCUT2D eigenvalue weighted by Gasteiger charge is 2.42. The number of nitrogens with zero attached hydrogens (tertiary/aromatic N) is 6. The number of aliphatic hydroxyl groups is 1. The molecule has 9 nitrogen and oxygen atoms in total. The first kappa shape index (κ1) is 31.4. The lowest BCUT2D eigenvalue weighted by atomic mass is 9.87. The summed E-state index contributed by atoms with van der Waals surface area (Å²) in [5.74, 6) is -0.00710. The maximum Gasteiger partial charge on any atom is 0.416 e. The smallest absolute Gasteiger partial charge is 0.416 e. The van der Waals surface area contributed by atoms with E-state index in [2.05, 4.69) is 15.4 Å². The molecule has 224 valence electrons. The highest BCUT2D eigenvalue weighted by atomic mass is 19.4. The summed E-state index contributed by atoms with van der Waals surface area (Å²) in [6, 6.07) is 0.389. The third-order valence-electron chi connectivity index (χ3n) is 6.81. The van der Waals surface area contributed by atoms with Crippen molar-refractivity contribution < 1.29 is 41.0 Å². The molecular weight excluding hydrogens is 546 g/mol. The van der Waals surface area contributed by atoms with Crippen molar-refractivity contribution >= 4 is 12.0 Å². The molecule has 3 atom stereocenters. The standard InChI is InChI=1S/C25H34F6N6O3/c1-5-19-12-21(13-20(6-2)37(19)23(39)40-15(3)4)35(22-32-34-36(33-22)7-8-38)14-16-9-17(24(26,27)28)11-18(10-16)25(29,30)31/h9-11,15,19-21,38H,5-8,12-14H2,1-4H3/t19-,20+,21?. The molecule has 3 rings (SSSR count). The number of ether oxygens (including phenoxy) is 1. The number of aromatic nitrogens is 4. The Morgan fingerprint density at radius 3 is 2.05 bits per heavy atom. The van der Waals surface area contributed by atoms with E-state index < -0.39 is 35.6 Å². The van der Waals surface area contributed by atoms with Gasteiger partial charge in [0.25, 0.3) is 5.95 Å². The minimum Gasteiger partial charge on any atom is -0.447 e. The summed E-state index contributed by atoms with van der Waals surface area (Å²) >= 11 is 0. The van der Waals surface area contributed by atoms with Crippen LogP contribution in [0.4, 0.5) is 37.1 Å². The summed E-state index contributed by atoms with van der Waals surface area (Å²) in [7, 11) is 0. The summed E-state index contributed by atoms with van der Waals surface area (Å²) in [6.45, 7) is 6.57. The Bertz CT molecular complexity index is 1090. The number of benzene rings is 1. The van der Waals surface area contributed by atoms with E-state index in [1.54, 1.807) is 18.7 Å². The van der Waals surface area contributed by atoms with Gasteiger partial charge in [-0.15, -0.1) is 5.10 Å².